The van der Waals surface area contributed by atoms with E-state index in [0.717, 1.165) is 0 Å². The molecule has 1 amide bonds. The predicted octanol–water partition coefficient (Wildman–Crippen LogP) is 0.246. The van der Waals surface area contributed by atoms with Crippen LogP contribution in [-0.2, 0) is 4.79 Å². The molecule has 8 heteroatoms. The van der Waals surface area contributed by atoms with Gasteiger partial charge in [0, 0.05) is 6.54 Å². The van der Waals surface area contributed by atoms with Crippen molar-refractivity contribution in [3.63, 3.8) is 0 Å². The molecule has 0 saturated carbocycles. The van der Waals surface area contributed by atoms with Gasteiger partial charge in [-0.1, -0.05) is 13.3 Å². The van der Waals surface area contributed by atoms with E-state index < -0.39 is 17.4 Å². The van der Waals surface area contributed by atoms with Crippen LogP contribution in [0, 0.1) is 0 Å². The maximum atomic E-state index is 12.3. The smallest absolute Gasteiger partial charge is 0.329 e. The van der Waals surface area contributed by atoms with E-state index in [9.17, 15) is 14.7 Å². The van der Waals surface area contributed by atoms with Gasteiger partial charge in [-0.2, -0.15) is 4.98 Å². The number of hydrogen-bond acceptors (Lipinski definition) is 5. The molecule has 8 nitrogen and oxygen atoms in total. The second-order valence-electron chi connectivity index (χ2n) is 4.69. The zero-order chi connectivity index (χ0) is 14.0. The Morgan fingerprint density at radius 2 is 2.32 bits per heavy atom. The summed E-state index contributed by atoms with van der Waals surface area (Å²) in [7, 11) is 0. The number of aromatic nitrogens is 3. The number of carbonyl (C=O) groups is 2. The number of nitrogen functional groups attached to an aromatic ring is 1. The predicted molar refractivity (Wildman–Crippen MR) is 66.3 cm³/mol. The first-order valence-corrected chi connectivity index (χ1v) is 6.24. The Morgan fingerprint density at radius 1 is 1.58 bits per heavy atom. The second-order valence-corrected chi connectivity index (χ2v) is 4.69. The van der Waals surface area contributed by atoms with Crippen molar-refractivity contribution >= 4 is 17.8 Å². The van der Waals surface area contributed by atoms with Crippen LogP contribution in [0.5, 0.6) is 0 Å². The molecule has 1 unspecified atom stereocenters. The van der Waals surface area contributed by atoms with Gasteiger partial charge in [0.15, 0.2) is 0 Å². The molecule has 1 aromatic rings. The van der Waals surface area contributed by atoms with Crippen molar-refractivity contribution in [2.24, 2.45) is 0 Å². The molecular formula is C11H17N5O3. The lowest BCUT2D eigenvalue weighted by atomic mass is 9.90. The van der Waals surface area contributed by atoms with Crippen molar-refractivity contribution in [1.82, 2.24) is 20.1 Å². The summed E-state index contributed by atoms with van der Waals surface area (Å²) in [6.45, 7) is 2.31. The Kier molecular flexibility index (Phi) is 3.41. The maximum absolute atomic E-state index is 12.3. The number of nitrogens with one attached hydrogen (secondary N) is 1. The number of carboxylic acid groups (broad SMARTS) is 1. The Morgan fingerprint density at radius 3 is 2.84 bits per heavy atom. The average Bonchev–Trinajstić information content (AvgIpc) is 2.96. The number of carbonyl (C=O) groups excluding carboxylic acids is 1. The summed E-state index contributed by atoms with van der Waals surface area (Å²) in [6, 6.07) is 0. The van der Waals surface area contributed by atoms with E-state index in [4.69, 9.17) is 5.73 Å². The number of aromatic amines is 1. The van der Waals surface area contributed by atoms with E-state index in [0.29, 0.717) is 32.2 Å². The summed E-state index contributed by atoms with van der Waals surface area (Å²) in [5, 5.41) is 15.5. The molecular weight excluding hydrogens is 250 g/mol. The third kappa shape index (κ3) is 2.13. The van der Waals surface area contributed by atoms with Gasteiger partial charge in [-0.3, -0.25) is 9.89 Å². The van der Waals surface area contributed by atoms with E-state index in [2.05, 4.69) is 15.2 Å². The van der Waals surface area contributed by atoms with Crippen molar-refractivity contribution in [3.8, 4) is 0 Å². The molecule has 0 spiro atoms. The van der Waals surface area contributed by atoms with Crippen LogP contribution in [0.4, 0.5) is 5.95 Å². The van der Waals surface area contributed by atoms with Gasteiger partial charge in [-0.15, -0.1) is 5.10 Å². The van der Waals surface area contributed by atoms with Gasteiger partial charge < -0.3 is 15.7 Å². The van der Waals surface area contributed by atoms with Crippen molar-refractivity contribution < 1.29 is 14.7 Å². The van der Waals surface area contributed by atoms with Crippen molar-refractivity contribution in [2.45, 2.75) is 38.1 Å². The van der Waals surface area contributed by atoms with Crippen LogP contribution < -0.4 is 5.73 Å². The summed E-state index contributed by atoms with van der Waals surface area (Å²) < 4.78 is 0. The SMILES string of the molecule is CCCC1(C(=O)O)CCCN1C(=O)c1nc(N)n[nH]1. The Bertz CT molecular complexity index is 500. The van der Waals surface area contributed by atoms with Crippen LogP contribution in [0.3, 0.4) is 0 Å². The molecule has 1 fully saturated rings. The summed E-state index contributed by atoms with van der Waals surface area (Å²) in [5.74, 6) is -1.47. The first-order chi connectivity index (χ1) is 9.01. The quantitative estimate of drug-likeness (QED) is 0.717. The summed E-state index contributed by atoms with van der Waals surface area (Å²) in [4.78, 5) is 29.1. The molecule has 1 aromatic heterocycles. The topological polar surface area (TPSA) is 125 Å². The van der Waals surface area contributed by atoms with Crippen molar-refractivity contribution in [3.05, 3.63) is 5.82 Å². The minimum absolute atomic E-state index is 0.0128. The lowest BCUT2D eigenvalue weighted by molar-refractivity contribution is -0.148. The molecule has 0 bridgehead atoms. The Balaban J connectivity index is 2.31. The molecule has 1 aliphatic heterocycles. The minimum Gasteiger partial charge on any atom is -0.479 e. The van der Waals surface area contributed by atoms with E-state index >= 15 is 0 Å². The zero-order valence-electron chi connectivity index (χ0n) is 10.7. The lowest BCUT2D eigenvalue weighted by Gasteiger charge is -2.33. The minimum atomic E-state index is -1.13. The van der Waals surface area contributed by atoms with Crippen molar-refractivity contribution in [1.29, 1.82) is 0 Å². The van der Waals surface area contributed by atoms with Gasteiger partial charge in [0.2, 0.25) is 11.8 Å². The first kappa shape index (κ1) is 13.3. The molecule has 0 aliphatic carbocycles. The van der Waals surface area contributed by atoms with Crippen LogP contribution in [0.2, 0.25) is 0 Å². The number of nitrogens with two attached hydrogens (primary N) is 1. The van der Waals surface area contributed by atoms with E-state index in [1.165, 1.54) is 4.90 Å². The molecule has 0 radical (unpaired) electrons. The van der Waals surface area contributed by atoms with E-state index in [1.807, 2.05) is 6.92 Å². The van der Waals surface area contributed by atoms with E-state index in [-0.39, 0.29) is 11.8 Å². The number of amides is 1. The van der Waals surface area contributed by atoms with Crippen molar-refractivity contribution in [2.75, 3.05) is 12.3 Å². The number of hydrogen-bond donors (Lipinski definition) is 3. The Labute approximate surface area is 110 Å². The fourth-order valence-electron chi connectivity index (χ4n) is 2.68. The molecule has 2 rings (SSSR count). The number of likely N-dealkylation sites (tertiary alicyclic amines) is 1. The number of carboxylic acids is 1. The first-order valence-electron chi connectivity index (χ1n) is 6.24. The van der Waals surface area contributed by atoms with Crippen LogP contribution >= 0.6 is 0 Å². The molecule has 2 heterocycles. The molecule has 1 saturated heterocycles. The third-order valence-corrected chi connectivity index (χ3v) is 3.50. The zero-order valence-corrected chi connectivity index (χ0v) is 10.7. The number of aliphatic carboxylic acids is 1. The van der Waals surface area contributed by atoms with Crippen LogP contribution in [-0.4, -0.2) is 49.1 Å². The van der Waals surface area contributed by atoms with Crippen LogP contribution in [0.1, 0.15) is 43.2 Å². The highest BCUT2D eigenvalue weighted by Gasteiger charge is 2.49. The van der Waals surface area contributed by atoms with Gasteiger partial charge in [-0.25, -0.2) is 4.79 Å². The largest absolute Gasteiger partial charge is 0.479 e. The molecule has 0 aromatic carbocycles. The molecule has 1 atom stereocenters. The highest BCUT2D eigenvalue weighted by atomic mass is 16.4. The molecule has 4 N–H and O–H groups in total. The summed E-state index contributed by atoms with van der Waals surface area (Å²) >= 11 is 0. The standard InChI is InChI=1S/C11H17N5O3/c1-2-4-11(9(18)19)5-3-6-16(11)8(17)7-13-10(12)15-14-7/h2-6H2,1H3,(H,18,19)(H3,12,13,14,15). The monoisotopic (exact) mass is 267 g/mol. The summed E-state index contributed by atoms with van der Waals surface area (Å²) in [5.41, 5.74) is 4.23. The van der Waals surface area contributed by atoms with Gasteiger partial charge >= 0.3 is 5.97 Å². The summed E-state index contributed by atoms with van der Waals surface area (Å²) in [6.07, 6.45) is 2.25. The highest BCUT2D eigenvalue weighted by Crippen LogP contribution is 2.34. The van der Waals surface area contributed by atoms with Crippen LogP contribution in [0.25, 0.3) is 0 Å². The molecule has 19 heavy (non-hydrogen) atoms. The van der Waals surface area contributed by atoms with Gasteiger partial charge in [-0.05, 0) is 19.3 Å². The maximum Gasteiger partial charge on any atom is 0.329 e. The van der Waals surface area contributed by atoms with Crippen LogP contribution in [0.15, 0.2) is 0 Å². The highest BCUT2D eigenvalue weighted by molar-refractivity contribution is 5.95. The van der Waals surface area contributed by atoms with Gasteiger partial charge in [0.25, 0.3) is 5.91 Å². The fraction of sp³-hybridized carbons (Fsp3) is 0.636. The van der Waals surface area contributed by atoms with E-state index in [1.54, 1.807) is 0 Å². The second kappa shape index (κ2) is 4.87. The van der Waals surface area contributed by atoms with Gasteiger partial charge in [0.1, 0.15) is 5.54 Å². The number of rotatable bonds is 4. The third-order valence-electron chi connectivity index (χ3n) is 3.50. The molecule has 104 valence electrons. The number of nitrogens with zero attached hydrogens (tertiary/aromatic N) is 3. The average molecular weight is 267 g/mol. The molecule has 1 aliphatic rings. The fourth-order valence-corrected chi connectivity index (χ4v) is 2.68. The normalized spacial score (nSPS) is 22.7. The lowest BCUT2D eigenvalue weighted by Crippen LogP contribution is -2.53. The Hall–Kier alpha value is -2.12. The number of anilines is 1. The van der Waals surface area contributed by atoms with Gasteiger partial charge in [0.05, 0.1) is 0 Å². The number of H-pyrrole nitrogens is 1.